The van der Waals surface area contributed by atoms with Gasteiger partial charge in [-0.1, -0.05) is 40.7 Å². The number of carbonyl (C=O) groups is 1. The third-order valence-corrected chi connectivity index (χ3v) is 1.02. The first-order valence-electron chi connectivity index (χ1n) is 3.86. The molecule has 0 amide bonds. The van der Waals surface area contributed by atoms with Crippen molar-refractivity contribution in [1.82, 2.24) is 0 Å². The molecule has 0 atom stereocenters. The molecule has 0 fully saturated rings. The first kappa shape index (κ1) is 18.6. The summed E-state index contributed by atoms with van der Waals surface area (Å²) in [5, 5.41) is 9.91. The molecule has 0 aromatic carbocycles. The van der Waals surface area contributed by atoms with E-state index in [0.717, 1.165) is 0 Å². The molecule has 0 aliphatic carbocycles. The molecule has 0 saturated carbocycles. The van der Waals surface area contributed by atoms with E-state index in [-0.39, 0.29) is 19.5 Å². The van der Waals surface area contributed by atoms with Gasteiger partial charge in [-0.15, -0.1) is 6.58 Å². The number of hydrogen-bond acceptors (Lipinski definition) is 2. The molecule has 0 aromatic rings. The first-order chi connectivity index (χ1) is 5.21. The maximum Gasteiger partial charge on any atom is 0.0467 e. The number of carbonyl (C=O) groups excluding carboxylic acids is 1. The van der Waals surface area contributed by atoms with Crippen molar-refractivity contribution < 1.29 is 29.4 Å². The second-order valence-electron chi connectivity index (χ2n) is 3.82. The van der Waals surface area contributed by atoms with Crippen LogP contribution < -0.4 is 5.11 Å². The van der Waals surface area contributed by atoms with Gasteiger partial charge in [0.2, 0.25) is 0 Å². The molecule has 0 rings (SSSR count). The van der Waals surface area contributed by atoms with Crippen LogP contribution in [0.2, 0.25) is 0 Å². The SMILES string of the molecule is C=C[C](C)C.CC(C)(C)C(=O)[O-].[Zn]. The number of rotatable bonds is 1. The van der Waals surface area contributed by atoms with Gasteiger partial charge in [-0.05, 0) is 5.92 Å². The topological polar surface area (TPSA) is 40.1 Å². The van der Waals surface area contributed by atoms with Gasteiger partial charge in [0, 0.05) is 30.9 Å². The Labute approximate surface area is 94.2 Å². The van der Waals surface area contributed by atoms with Gasteiger partial charge >= 0.3 is 0 Å². The normalized spacial score (nSPS) is 9.38. The van der Waals surface area contributed by atoms with E-state index in [9.17, 15) is 9.90 Å². The van der Waals surface area contributed by atoms with Crippen molar-refractivity contribution in [3.05, 3.63) is 18.6 Å². The molecule has 0 spiro atoms. The van der Waals surface area contributed by atoms with E-state index in [1.807, 2.05) is 19.9 Å². The fourth-order valence-electron chi connectivity index (χ4n) is 0. The van der Waals surface area contributed by atoms with E-state index in [4.69, 9.17) is 0 Å². The Morgan fingerprint density at radius 1 is 1.31 bits per heavy atom. The number of carboxylic acid groups (broad SMARTS) is 1. The Balaban J connectivity index is -0.000000150. The van der Waals surface area contributed by atoms with Gasteiger partial charge in [0.1, 0.15) is 0 Å². The average molecular weight is 236 g/mol. The molecule has 0 aliphatic rings. The molecule has 1 radical (unpaired) electrons. The monoisotopic (exact) mass is 234 g/mol. The van der Waals surface area contributed by atoms with Gasteiger partial charge in [0.15, 0.2) is 0 Å². The van der Waals surface area contributed by atoms with Crippen molar-refractivity contribution in [2.24, 2.45) is 5.41 Å². The Bertz CT molecular complexity index is 145. The average Bonchev–Trinajstić information content (AvgIpc) is 1.87. The van der Waals surface area contributed by atoms with Gasteiger partial charge in [0.05, 0.1) is 0 Å². The van der Waals surface area contributed by atoms with Crippen LogP contribution in [-0.4, -0.2) is 5.97 Å². The van der Waals surface area contributed by atoms with E-state index in [1.54, 1.807) is 20.8 Å². The smallest absolute Gasteiger partial charge is 0.0467 e. The zero-order chi connectivity index (χ0) is 10.4. The first-order valence-corrected chi connectivity index (χ1v) is 3.86. The zero-order valence-electron chi connectivity index (χ0n) is 9.31. The standard InChI is InChI=1S/C5H10O2.C5H9.Zn/c1-5(2,3)4(6)7;1-4-5(2)3;/h1-3H3,(H,6,7);4H,1H2,2-3H3;/p-1. The van der Waals surface area contributed by atoms with Crippen molar-refractivity contribution in [3.8, 4) is 0 Å². The van der Waals surface area contributed by atoms with Gasteiger partial charge < -0.3 is 9.90 Å². The van der Waals surface area contributed by atoms with Crippen LogP contribution in [0.5, 0.6) is 0 Å². The Hall–Kier alpha value is -0.167. The molecule has 0 saturated heterocycles. The molecule has 0 aliphatic heterocycles. The summed E-state index contributed by atoms with van der Waals surface area (Å²) in [6.45, 7) is 12.4. The van der Waals surface area contributed by atoms with Crippen LogP contribution in [0.1, 0.15) is 34.6 Å². The molecule has 0 aromatic heterocycles. The van der Waals surface area contributed by atoms with E-state index < -0.39 is 11.4 Å². The number of hydrogen-bond donors (Lipinski definition) is 0. The summed E-state index contributed by atoms with van der Waals surface area (Å²) in [6.07, 6.45) is 1.83. The minimum atomic E-state index is -1.01. The molecule has 3 heteroatoms. The Morgan fingerprint density at radius 2 is 1.46 bits per heavy atom. The maximum absolute atomic E-state index is 9.91. The van der Waals surface area contributed by atoms with Crippen LogP contribution in [0.15, 0.2) is 12.7 Å². The largest absolute Gasteiger partial charge is 0.550 e. The van der Waals surface area contributed by atoms with Crippen LogP contribution >= 0.6 is 0 Å². The van der Waals surface area contributed by atoms with E-state index in [0.29, 0.717) is 0 Å². The fourth-order valence-corrected chi connectivity index (χ4v) is 0. The third-order valence-electron chi connectivity index (χ3n) is 1.02. The second-order valence-corrected chi connectivity index (χ2v) is 3.82. The van der Waals surface area contributed by atoms with Crippen molar-refractivity contribution in [2.75, 3.05) is 0 Å². The van der Waals surface area contributed by atoms with Crippen LogP contribution in [-0.2, 0) is 24.3 Å². The summed E-state index contributed by atoms with van der Waals surface area (Å²) >= 11 is 0. The predicted molar refractivity (Wildman–Crippen MR) is 49.3 cm³/mol. The second kappa shape index (κ2) is 8.43. The Kier molecular flexibility index (Phi) is 12.1. The fraction of sp³-hybridized carbons (Fsp3) is 0.600. The molecule has 0 heterocycles. The van der Waals surface area contributed by atoms with Crippen molar-refractivity contribution in [2.45, 2.75) is 34.6 Å². The summed E-state index contributed by atoms with van der Waals surface area (Å²) in [4.78, 5) is 9.91. The molecule has 13 heavy (non-hydrogen) atoms. The maximum atomic E-state index is 9.91. The van der Waals surface area contributed by atoms with Gasteiger partial charge in [-0.3, -0.25) is 0 Å². The molecular weight excluding hydrogens is 217 g/mol. The van der Waals surface area contributed by atoms with Crippen molar-refractivity contribution >= 4 is 5.97 Å². The summed E-state index contributed by atoms with van der Waals surface area (Å²) in [7, 11) is 0. The van der Waals surface area contributed by atoms with E-state index >= 15 is 0 Å². The summed E-state index contributed by atoms with van der Waals surface area (Å²) in [5.41, 5.74) is -0.694. The number of carboxylic acids is 1. The summed E-state index contributed by atoms with van der Waals surface area (Å²) in [5.74, 6) is 0.262. The van der Waals surface area contributed by atoms with E-state index in [2.05, 4.69) is 6.58 Å². The molecule has 0 unspecified atom stereocenters. The van der Waals surface area contributed by atoms with Crippen LogP contribution in [0.4, 0.5) is 0 Å². The molecule has 73 valence electrons. The molecule has 0 bridgehead atoms. The number of allylic oxidation sites excluding steroid dienone is 1. The quantitative estimate of drug-likeness (QED) is 0.648. The van der Waals surface area contributed by atoms with E-state index in [1.165, 1.54) is 5.92 Å². The van der Waals surface area contributed by atoms with Crippen LogP contribution in [0.3, 0.4) is 0 Å². The van der Waals surface area contributed by atoms with Crippen molar-refractivity contribution in [3.63, 3.8) is 0 Å². The minimum absolute atomic E-state index is 0. The van der Waals surface area contributed by atoms with Gasteiger partial charge in [-0.25, -0.2) is 0 Å². The van der Waals surface area contributed by atoms with Gasteiger partial charge in [-0.2, -0.15) is 0 Å². The van der Waals surface area contributed by atoms with Gasteiger partial charge in [0.25, 0.3) is 0 Å². The molecular formula is C10H18O2Zn-. The summed E-state index contributed by atoms with van der Waals surface area (Å²) in [6, 6.07) is 0. The molecule has 2 nitrogen and oxygen atoms in total. The summed E-state index contributed by atoms with van der Waals surface area (Å²) < 4.78 is 0. The predicted octanol–water partition coefficient (Wildman–Crippen LogP) is 1.57. The van der Waals surface area contributed by atoms with Crippen LogP contribution in [0.25, 0.3) is 0 Å². The number of aliphatic carboxylic acids is 1. The molecule has 0 N–H and O–H groups in total. The van der Waals surface area contributed by atoms with Crippen molar-refractivity contribution in [1.29, 1.82) is 0 Å². The Morgan fingerprint density at radius 3 is 1.46 bits per heavy atom. The zero-order valence-corrected chi connectivity index (χ0v) is 12.3. The minimum Gasteiger partial charge on any atom is -0.550 e. The van der Waals surface area contributed by atoms with Crippen LogP contribution in [0, 0.1) is 11.3 Å². The third kappa shape index (κ3) is 18.6.